The third-order valence-corrected chi connectivity index (χ3v) is 3.05. The first-order valence-corrected chi connectivity index (χ1v) is 6.60. The van der Waals surface area contributed by atoms with E-state index in [0.717, 1.165) is 0 Å². The summed E-state index contributed by atoms with van der Waals surface area (Å²) in [6.45, 7) is 6.63. The Morgan fingerprint density at radius 3 is 2.19 bits per heavy atom. The van der Waals surface area contributed by atoms with Crippen LogP contribution in [0.25, 0.3) is 0 Å². The van der Waals surface area contributed by atoms with Gasteiger partial charge in [-0.1, -0.05) is 12.1 Å². The minimum atomic E-state index is -1.18. The van der Waals surface area contributed by atoms with E-state index in [2.05, 4.69) is 5.32 Å². The Labute approximate surface area is 123 Å². The minimum Gasteiger partial charge on any atom is -0.478 e. The van der Waals surface area contributed by atoms with Crippen LogP contribution in [0.2, 0.25) is 0 Å². The van der Waals surface area contributed by atoms with Gasteiger partial charge >= 0.3 is 11.9 Å². The molecule has 1 unspecified atom stereocenters. The Morgan fingerprint density at radius 1 is 1.19 bits per heavy atom. The lowest BCUT2D eigenvalue weighted by atomic mass is 9.96. The maximum Gasteiger partial charge on any atom is 0.336 e. The second-order valence-corrected chi connectivity index (χ2v) is 4.70. The Morgan fingerprint density at radius 2 is 1.71 bits per heavy atom. The Kier molecular flexibility index (Phi) is 5.46. The van der Waals surface area contributed by atoms with Crippen molar-refractivity contribution in [3.05, 3.63) is 34.4 Å². The molecule has 1 rings (SSSR count). The molecule has 0 aliphatic carbocycles. The number of benzene rings is 1. The third-order valence-electron chi connectivity index (χ3n) is 3.05. The molecule has 0 bridgehead atoms. The van der Waals surface area contributed by atoms with E-state index < -0.39 is 23.9 Å². The molecule has 21 heavy (non-hydrogen) atoms. The summed E-state index contributed by atoms with van der Waals surface area (Å²) in [5, 5.41) is 11.7. The molecule has 0 spiro atoms. The fourth-order valence-corrected chi connectivity index (χ4v) is 1.97. The third kappa shape index (κ3) is 3.81. The van der Waals surface area contributed by atoms with E-state index in [1.807, 2.05) is 0 Å². The normalized spacial score (nSPS) is 11.6. The van der Waals surface area contributed by atoms with E-state index in [1.165, 1.54) is 6.92 Å². The fraction of sp³-hybridized carbons (Fsp3) is 0.400. The zero-order valence-electron chi connectivity index (χ0n) is 12.5. The highest BCUT2D eigenvalue weighted by molar-refractivity contribution is 6.07. The smallest absolute Gasteiger partial charge is 0.336 e. The van der Waals surface area contributed by atoms with Gasteiger partial charge in [-0.15, -0.1) is 0 Å². The summed E-state index contributed by atoms with van der Waals surface area (Å²) in [7, 11) is 0. The number of esters is 1. The van der Waals surface area contributed by atoms with Crippen molar-refractivity contribution in [1.82, 2.24) is 5.32 Å². The SMILES string of the molecule is CCOC(=O)C(C)NC(=O)c1c(C)ccc(C)c1C(=O)O. The summed E-state index contributed by atoms with van der Waals surface area (Å²) >= 11 is 0. The van der Waals surface area contributed by atoms with E-state index in [4.69, 9.17) is 4.74 Å². The van der Waals surface area contributed by atoms with Gasteiger partial charge in [-0.2, -0.15) is 0 Å². The molecule has 0 radical (unpaired) electrons. The monoisotopic (exact) mass is 293 g/mol. The number of nitrogens with one attached hydrogen (secondary N) is 1. The summed E-state index contributed by atoms with van der Waals surface area (Å²) in [6, 6.07) is 2.47. The van der Waals surface area contributed by atoms with Crippen molar-refractivity contribution in [3.63, 3.8) is 0 Å². The maximum absolute atomic E-state index is 12.3. The lowest BCUT2D eigenvalue weighted by molar-refractivity contribution is -0.144. The van der Waals surface area contributed by atoms with Crippen molar-refractivity contribution >= 4 is 17.8 Å². The van der Waals surface area contributed by atoms with Crippen LogP contribution in [0.15, 0.2) is 12.1 Å². The van der Waals surface area contributed by atoms with E-state index in [0.29, 0.717) is 11.1 Å². The van der Waals surface area contributed by atoms with E-state index in [9.17, 15) is 19.5 Å². The van der Waals surface area contributed by atoms with Crippen LogP contribution < -0.4 is 5.32 Å². The minimum absolute atomic E-state index is 0.0523. The van der Waals surface area contributed by atoms with Crippen molar-refractivity contribution in [1.29, 1.82) is 0 Å². The molecule has 1 amide bonds. The molecule has 0 aliphatic rings. The molecule has 0 saturated heterocycles. The largest absolute Gasteiger partial charge is 0.478 e. The number of rotatable bonds is 5. The number of hydrogen-bond donors (Lipinski definition) is 2. The van der Waals surface area contributed by atoms with Crippen LogP contribution in [0, 0.1) is 13.8 Å². The lowest BCUT2D eigenvalue weighted by Gasteiger charge is -2.16. The first-order chi connectivity index (χ1) is 9.79. The molecule has 6 nitrogen and oxygen atoms in total. The lowest BCUT2D eigenvalue weighted by Crippen LogP contribution is -2.40. The topological polar surface area (TPSA) is 92.7 Å². The zero-order valence-corrected chi connectivity index (χ0v) is 12.5. The Balaban J connectivity index is 3.11. The highest BCUT2D eigenvalue weighted by Crippen LogP contribution is 2.19. The van der Waals surface area contributed by atoms with Crippen molar-refractivity contribution < 1.29 is 24.2 Å². The van der Waals surface area contributed by atoms with Crippen LogP contribution in [-0.4, -0.2) is 35.6 Å². The van der Waals surface area contributed by atoms with Crippen molar-refractivity contribution in [3.8, 4) is 0 Å². The molecule has 2 N–H and O–H groups in total. The van der Waals surface area contributed by atoms with Gasteiger partial charge in [0.25, 0.3) is 5.91 Å². The standard InChI is InChI=1S/C15H19NO5/c1-5-21-15(20)10(4)16-13(17)11-8(2)6-7-9(3)12(11)14(18)19/h6-7,10H,5H2,1-4H3,(H,16,17)(H,18,19). The number of carboxylic acids is 1. The molecular formula is C15H19NO5. The molecule has 1 aromatic rings. The predicted octanol–water partition coefficient (Wildman–Crippen LogP) is 1.68. The van der Waals surface area contributed by atoms with Crippen molar-refractivity contribution in [2.24, 2.45) is 0 Å². The van der Waals surface area contributed by atoms with Gasteiger partial charge in [0, 0.05) is 0 Å². The zero-order chi connectivity index (χ0) is 16.2. The summed E-state index contributed by atoms with van der Waals surface area (Å²) < 4.78 is 4.80. The molecule has 0 fully saturated rings. The average molecular weight is 293 g/mol. The molecule has 0 heterocycles. The van der Waals surface area contributed by atoms with Crippen LogP contribution in [0.3, 0.4) is 0 Å². The molecule has 0 aliphatic heterocycles. The molecule has 6 heteroatoms. The van der Waals surface area contributed by atoms with Gasteiger partial charge in [0.1, 0.15) is 6.04 Å². The Hall–Kier alpha value is -2.37. The second-order valence-electron chi connectivity index (χ2n) is 4.70. The van der Waals surface area contributed by atoms with Crippen molar-refractivity contribution in [2.75, 3.05) is 6.61 Å². The molecule has 0 aromatic heterocycles. The summed E-state index contributed by atoms with van der Waals surface area (Å²) in [5.41, 5.74) is 1.04. The molecule has 114 valence electrons. The number of aromatic carboxylic acids is 1. The van der Waals surface area contributed by atoms with Crippen LogP contribution in [0.1, 0.15) is 45.7 Å². The molecule has 1 atom stereocenters. The number of ether oxygens (including phenoxy) is 1. The molecular weight excluding hydrogens is 274 g/mol. The number of aryl methyl sites for hydroxylation is 2. The summed E-state index contributed by atoms with van der Waals surface area (Å²) in [5.74, 6) is -2.34. The second kappa shape index (κ2) is 6.88. The van der Waals surface area contributed by atoms with Crippen LogP contribution >= 0.6 is 0 Å². The fourth-order valence-electron chi connectivity index (χ4n) is 1.97. The first kappa shape index (κ1) is 16.7. The van der Waals surface area contributed by atoms with Gasteiger partial charge in [-0.25, -0.2) is 9.59 Å². The first-order valence-electron chi connectivity index (χ1n) is 6.60. The van der Waals surface area contributed by atoms with Crippen LogP contribution in [0.4, 0.5) is 0 Å². The molecule has 0 saturated carbocycles. The number of carboxylic acid groups (broad SMARTS) is 1. The number of carbonyl (C=O) groups is 3. The maximum atomic E-state index is 12.3. The highest BCUT2D eigenvalue weighted by Gasteiger charge is 2.24. The summed E-state index contributed by atoms with van der Waals surface area (Å²) in [6.07, 6.45) is 0. The van der Waals surface area contributed by atoms with Gasteiger partial charge in [0.05, 0.1) is 17.7 Å². The van der Waals surface area contributed by atoms with E-state index in [-0.39, 0.29) is 17.7 Å². The van der Waals surface area contributed by atoms with Gasteiger partial charge < -0.3 is 15.2 Å². The number of amides is 1. The summed E-state index contributed by atoms with van der Waals surface area (Å²) in [4.78, 5) is 35.2. The van der Waals surface area contributed by atoms with Gasteiger partial charge in [-0.3, -0.25) is 4.79 Å². The number of hydrogen-bond acceptors (Lipinski definition) is 4. The van der Waals surface area contributed by atoms with Gasteiger partial charge in [0.15, 0.2) is 0 Å². The van der Waals surface area contributed by atoms with E-state index >= 15 is 0 Å². The number of carbonyl (C=O) groups excluding carboxylic acids is 2. The van der Waals surface area contributed by atoms with E-state index in [1.54, 1.807) is 32.9 Å². The predicted molar refractivity (Wildman–Crippen MR) is 76.4 cm³/mol. The van der Waals surface area contributed by atoms with Gasteiger partial charge in [-0.05, 0) is 38.8 Å². The highest BCUT2D eigenvalue weighted by atomic mass is 16.5. The Bertz CT molecular complexity index is 580. The quantitative estimate of drug-likeness (QED) is 0.806. The van der Waals surface area contributed by atoms with Crippen LogP contribution in [-0.2, 0) is 9.53 Å². The van der Waals surface area contributed by atoms with Gasteiger partial charge in [0.2, 0.25) is 0 Å². The van der Waals surface area contributed by atoms with Crippen molar-refractivity contribution in [2.45, 2.75) is 33.7 Å². The average Bonchev–Trinajstić information content (AvgIpc) is 2.40. The molecule has 1 aromatic carbocycles. The van der Waals surface area contributed by atoms with Crippen LogP contribution in [0.5, 0.6) is 0 Å².